The first kappa shape index (κ1) is 43.1. The zero-order valence-corrected chi connectivity index (χ0v) is 37.0. The van der Waals surface area contributed by atoms with E-state index in [1.54, 1.807) is 10.7 Å². The fraction of sp³-hybridized carbons (Fsp3) is 0.490. The molecular formula is C49H58FN11O3. The predicted molar refractivity (Wildman–Crippen MR) is 243 cm³/mol. The average molecular weight is 868 g/mol. The quantitative estimate of drug-likeness (QED) is 0.114. The van der Waals surface area contributed by atoms with Crippen LogP contribution in [0.5, 0.6) is 0 Å². The Balaban J connectivity index is 0.816. The summed E-state index contributed by atoms with van der Waals surface area (Å²) in [6, 6.07) is 14.0. The van der Waals surface area contributed by atoms with Gasteiger partial charge in [0.25, 0.3) is 0 Å². The van der Waals surface area contributed by atoms with Crippen molar-refractivity contribution in [1.82, 2.24) is 39.9 Å². The molecule has 5 aromatic rings. The van der Waals surface area contributed by atoms with E-state index in [1.807, 2.05) is 50.6 Å². The number of anilines is 2. The molecule has 1 aromatic carbocycles. The number of hydrogen-bond acceptors (Lipinski definition) is 10. The van der Waals surface area contributed by atoms with E-state index in [2.05, 4.69) is 66.9 Å². The largest absolute Gasteiger partial charge is 0.374 e. The molecule has 1 unspecified atom stereocenters. The lowest BCUT2D eigenvalue weighted by Gasteiger charge is -2.41. The maximum Gasteiger partial charge on any atom is 0.249 e. The lowest BCUT2D eigenvalue weighted by molar-refractivity contribution is -0.134. The summed E-state index contributed by atoms with van der Waals surface area (Å²) >= 11 is 0. The molecule has 7 heterocycles. The molecule has 334 valence electrons. The molecule has 64 heavy (non-hydrogen) atoms. The van der Waals surface area contributed by atoms with Gasteiger partial charge in [0, 0.05) is 66.4 Å². The van der Waals surface area contributed by atoms with E-state index in [0.717, 1.165) is 118 Å². The normalized spacial score (nSPS) is 22.1. The van der Waals surface area contributed by atoms with Gasteiger partial charge in [-0.3, -0.25) is 29.4 Å². The van der Waals surface area contributed by atoms with Crippen LogP contribution in [-0.2, 0) is 14.4 Å². The molecule has 9 rings (SSSR count). The molecule has 14 nitrogen and oxygen atoms in total. The van der Waals surface area contributed by atoms with Crippen molar-refractivity contribution in [2.24, 2.45) is 5.41 Å². The van der Waals surface area contributed by atoms with Gasteiger partial charge in [-0.15, -0.1) is 0 Å². The van der Waals surface area contributed by atoms with E-state index in [0.29, 0.717) is 29.2 Å². The Labute approximate surface area is 373 Å². The second kappa shape index (κ2) is 18.2. The number of carbonyl (C=O) groups excluding carboxylic acids is 3. The summed E-state index contributed by atoms with van der Waals surface area (Å²) in [5.74, 6) is -0.591. The first-order valence-corrected chi connectivity index (χ1v) is 23.1. The summed E-state index contributed by atoms with van der Waals surface area (Å²) in [5.41, 5.74) is 6.63. The number of halogens is 1. The number of benzene rings is 1. The first-order valence-electron chi connectivity index (χ1n) is 23.1. The highest BCUT2D eigenvalue weighted by Gasteiger charge is 2.40. The van der Waals surface area contributed by atoms with Crippen molar-refractivity contribution in [3.8, 4) is 28.5 Å². The summed E-state index contributed by atoms with van der Waals surface area (Å²) < 4.78 is 19.3. The number of hydrogen-bond donors (Lipinski definition) is 3. The van der Waals surface area contributed by atoms with Gasteiger partial charge in [-0.25, -0.2) is 8.91 Å². The third-order valence-corrected chi connectivity index (χ3v) is 14.5. The lowest BCUT2D eigenvalue weighted by atomic mass is 9.75. The molecule has 1 aliphatic carbocycles. The minimum atomic E-state index is -0.544. The summed E-state index contributed by atoms with van der Waals surface area (Å²) in [6.07, 6.45) is 18.6. The van der Waals surface area contributed by atoms with Gasteiger partial charge in [-0.05, 0) is 133 Å². The zero-order valence-electron chi connectivity index (χ0n) is 37.0. The number of nitrogens with zero attached hydrogens (tertiary/aromatic N) is 8. The van der Waals surface area contributed by atoms with E-state index >= 15 is 4.39 Å². The number of rotatable bonds is 11. The molecule has 3 aliphatic heterocycles. The number of carbonyl (C=O) groups is 3. The standard InChI is InChI=1S/C49H58FN11O3/c1-4-49(48(64)55-31(2)3)17-21-59(22-18-49)39-10-12-43(52-28-39)41-23-33(29-61-46(41)34(25-51)26-54-61)35-27-53-60(30-35)38-8-6-37(7-9-38)58-19-15-32(16-20-58)40-11-5-36(24-42(40)50)56-44-13-14-45(62)57-47(44)63/h5,10-12,23-24,26-32,37-38,44,56H,4,6-9,13-22H2,1-3H3,(H,55,64)(H,57,62,63)/t37-,38-,44?. The van der Waals surface area contributed by atoms with Crippen LogP contribution in [-0.4, -0.2) is 91.3 Å². The zero-order chi connectivity index (χ0) is 44.5. The Morgan fingerprint density at radius 2 is 1.69 bits per heavy atom. The van der Waals surface area contributed by atoms with Crippen LogP contribution in [0.4, 0.5) is 15.8 Å². The van der Waals surface area contributed by atoms with Crippen LogP contribution >= 0.6 is 0 Å². The van der Waals surface area contributed by atoms with Gasteiger partial charge in [0.05, 0.1) is 52.5 Å². The maximum atomic E-state index is 15.4. The second-order valence-corrected chi connectivity index (χ2v) is 18.6. The molecule has 4 aromatic heterocycles. The van der Waals surface area contributed by atoms with Crippen LogP contribution in [0.15, 0.2) is 67.4 Å². The number of nitrogens with one attached hydrogen (secondary N) is 3. The number of amides is 3. The highest BCUT2D eigenvalue weighted by Crippen LogP contribution is 2.39. The topological polar surface area (TPSA) is 166 Å². The van der Waals surface area contributed by atoms with Crippen molar-refractivity contribution < 1.29 is 18.8 Å². The minimum absolute atomic E-state index is 0.117. The van der Waals surface area contributed by atoms with Crippen LogP contribution < -0.4 is 20.9 Å². The number of nitriles is 1. The molecular weight excluding hydrogens is 810 g/mol. The molecule has 15 heteroatoms. The summed E-state index contributed by atoms with van der Waals surface area (Å²) in [5, 5.41) is 28.0. The number of piperidine rings is 3. The monoisotopic (exact) mass is 867 g/mol. The molecule has 4 fully saturated rings. The van der Waals surface area contributed by atoms with Gasteiger partial charge in [0.1, 0.15) is 17.9 Å². The van der Waals surface area contributed by atoms with Crippen LogP contribution in [0, 0.1) is 22.6 Å². The Bertz CT molecular complexity index is 2550. The second-order valence-electron chi connectivity index (χ2n) is 18.6. The molecule has 3 amide bonds. The third-order valence-electron chi connectivity index (χ3n) is 14.5. The van der Waals surface area contributed by atoms with E-state index < -0.39 is 6.04 Å². The van der Waals surface area contributed by atoms with Crippen LogP contribution in [0.1, 0.15) is 114 Å². The molecule has 4 aliphatic rings. The Hall–Kier alpha value is -6.14. The Morgan fingerprint density at radius 3 is 2.36 bits per heavy atom. The molecule has 1 atom stereocenters. The highest BCUT2D eigenvalue weighted by atomic mass is 19.1. The summed E-state index contributed by atoms with van der Waals surface area (Å²) in [7, 11) is 0. The minimum Gasteiger partial charge on any atom is -0.374 e. The van der Waals surface area contributed by atoms with Crippen LogP contribution in [0.3, 0.4) is 0 Å². The molecule has 3 N–H and O–H groups in total. The van der Waals surface area contributed by atoms with Gasteiger partial charge < -0.3 is 20.4 Å². The summed E-state index contributed by atoms with van der Waals surface area (Å²) in [6.45, 7) is 9.54. The van der Waals surface area contributed by atoms with Crippen molar-refractivity contribution >= 4 is 34.6 Å². The van der Waals surface area contributed by atoms with Gasteiger partial charge >= 0.3 is 0 Å². The van der Waals surface area contributed by atoms with Crippen molar-refractivity contribution in [2.75, 3.05) is 36.4 Å². The number of imide groups is 1. The van der Waals surface area contributed by atoms with E-state index in [4.69, 9.17) is 10.1 Å². The molecule has 0 bridgehead atoms. The lowest BCUT2D eigenvalue weighted by Crippen LogP contribution is -2.50. The predicted octanol–water partition coefficient (Wildman–Crippen LogP) is 7.37. The van der Waals surface area contributed by atoms with Crippen molar-refractivity contribution in [1.29, 1.82) is 5.26 Å². The molecule has 0 spiro atoms. The number of fused-ring (bicyclic) bond motifs is 1. The van der Waals surface area contributed by atoms with Gasteiger partial charge in [-0.2, -0.15) is 15.5 Å². The fourth-order valence-corrected chi connectivity index (χ4v) is 10.6. The van der Waals surface area contributed by atoms with Crippen LogP contribution in [0.2, 0.25) is 0 Å². The van der Waals surface area contributed by atoms with Gasteiger partial charge in [0.2, 0.25) is 17.7 Å². The van der Waals surface area contributed by atoms with E-state index in [9.17, 15) is 19.6 Å². The molecule has 1 saturated carbocycles. The van der Waals surface area contributed by atoms with Crippen molar-refractivity contribution in [3.05, 3.63) is 84.3 Å². The number of likely N-dealkylation sites (tertiary alicyclic amines) is 1. The van der Waals surface area contributed by atoms with Crippen molar-refractivity contribution in [3.63, 3.8) is 0 Å². The van der Waals surface area contributed by atoms with Gasteiger partial charge in [-0.1, -0.05) is 13.0 Å². The van der Waals surface area contributed by atoms with Crippen molar-refractivity contribution in [2.45, 2.75) is 121 Å². The average Bonchev–Trinajstić information content (AvgIpc) is 3.98. The highest BCUT2D eigenvalue weighted by molar-refractivity contribution is 6.01. The summed E-state index contributed by atoms with van der Waals surface area (Å²) in [4.78, 5) is 46.6. The first-order chi connectivity index (χ1) is 31.0. The maximum absolute atomic E-state index is 15.4. The molecule has 3 saturated heterocycles. The van der Waals surface area contributed by atoms with E-state index in [-0.39, 0.29) is 53.4 Å². The van der Waals surface area contributed by atoms with Crippen LogP contribution in [0.25, 0.3) is 27.9 Å². The SMILES string of the molecule is CCC1(C(=O)NC(C)C)CCN(c2ccc(-c3cc(-c4cnn([C@H]5CC[C@H](N6CCC(c7ccc(NC8CCC(=O)NC8=O)cc7F)CC6)CC5)c4)cn4ncc(C#N)c34)nc2)CC1. The number of pyridine rings is 2. The third kappa shape index (κ3) is 8.72. The van der Waals surface area contributed by atoms with Gasteiger partial charge in [0.15, 0.2) is 0 Å². The Morgan fingerprint density at radius 1 is 0.922 bits per heavy atom. The Kier molecular flexibility index (Phi) is 12.2. The smallest absolute Gasteiger partial charge is 0.249 e. The number of aromatic nitrogens is 5. The fourth-order valence-electron chi connectivity index (χ4n) is 10.6. The van der Waals surface area contributed by atoms with E-state index in [1.165, 1.54) is 6.07 Å². The molecule has 0 radical (unpaired) electrons.